The van der Waals surface area contributed by atoms with Crippen LogP contribution in [0.5, 0.6) is 0 Å². The van der Waals surface area contributed by atoms with E-state index in [1.54, 1.807) is 0 Å². The molecule has 60 valence electrons. The third kappa shape index (κ3) is 2.45. The molecular formula is C5H10BF3KN. The Bertz CT molecular complexity index is 143. The number of hydrogen-bond acceptors (Lipinski definition) is 1. The second-order valence-electron chi connectivity index (χ2n) is 3.40. The molecule has 0 bridgehead atoms. The summed E-state index contributed by atoms with van der Waals surface area (Å²) in [5, 5.41) is -1.43. The third-order valence-electron chi connectivity index (χ3n) is 2.25. The summed E-state index contributed by atoms with van der Waals surface area (Å²) in [7, 11) is 0. The van der Waals surface area contributed by atoms with Gasteiger partial charge in [0.15, 0.2) is 0 Å². The summed E-state index contributed by atoms with van der Waals surface area (Å²) < 4.78 is 36.2. The largest absolute Gasteiger partial charge is 1.00 e. The molecule has 0 aliphatic heterocycles. The van der Waals surface area contributed by atoms with Crippen LogP contribution < -0.4 is 57.1 Å². The number of halogens is 3. The average molecular weight is 191 g/mol. The van der Waals surface area contributed by atoms with Gasteiger partial charge in [0, 0.05) is 0 Å². The minimum atomic E-state index is -4.68. The predicted octanol–water partition coefficient (Wildman–Crippen LogP) is -1.28. The molecule has 0 amide bonds. The second-order valence-corrected chi connectivity index (χ2v) is 3.40. The van der Waals surface area contributed by atoms with Gasteiger partial charge in [-0.15, -0.1) is 0 Å². The summed E-state index contributed by atoms with van der Waals surface area (Å²) in [6.45, 7) is -3.43. The zero-order valence-corrected chi connectivity index (χ0v) is 9.90. The van der Waals surface area contributed by atoms with Crippen molar-refractivity contribution in [3.63, 3.8) is 0 Å². The Morgan fingerprint density at radius 3 is 1.82 bits per heavy atom. The van der Waals surface area contributed by atoms with Gasteiger partial charge in [0.25, 0.3) is 0 Å². The van der Waals surface area contributed by atoms with Crippen LogP contribution in [0.3, 0.4) is 0 Å². The SMILES string of the molecule is CC1([B-](F)(F)F)CC(N)C1.[K+]. The second kappa shape index (κ2) is 3.67. The smallest absolute Gasteiger partial charge is 0.449 e. The van der Waals surface area contributed by atoms with Crippen molar-refractivity contribution in [1.82, 2.24) is 0 Å². The van der Waals surface area contributed by atoms with E-state index in [0.717, 1.165) is 0 Å². The van der Waals surface area contributed by atoms with Gasteiger partial charge in [-0.1, -0.05) is 25.1 Å². The molecule has 1 rings (SSSR count). The number of rotatable bonds is 1. The van der Waals surface area contributed by atoms with Crippen molar-refractivity contribution in [2.45, 2.75) is 31.1 Å². The first-order chi connectivity index (χ1) is 4.35. The van der Waals surface area contributed by atoms with E-state index in [-0.39, 0.29) is 70.3 Å². The van der Waals surface area contributed by atoms with Gasteiger partial charge in [-0.25, -0.2) is 0 Å². The molecule has 1 fully saturated rings. The van der Waals surface area contributed by atoms with Crippen LogP contribution in [0.1, 0.15) is 19.8 Å². The molecular weight excluding hydrogens is 181 g/mol. The van der Waals surface area contributed by atoms with E-state index in [1.165, 1.54) is 6.92 Å². The summed E-state index contributed by atoms with van der Waals surface area (Å²) in [4.78, 5) is 0. The molecule has 1 saturated carbocycles. The topological polar surface area (TPSA) is 26.0 Å². The fourth-order valence-corrected chi connectivity index (χ4v) is 1.41. The summed E-state index contributed by atoms with van der Waals surface area (Å²) in [5.41, 5.74) is 5.26. The molecule has 0 unspecified atom stereocenters. The van der Waals surface area contributed by atoms with Crippen LogP contribution in [0.4, 0.5) is 12.9 Å². The average Bonchev–Trinajstić information content (AvgIpc) is 1.58. The van der Waals surface area contributed by atoms with Crippen LogP contribution in [-0.2, 0) is 0 Å². The monoisotopic (exact) mass is 191 g/mol. The molecule has 0 spiro atoms. The van der Waals surface area contributed by atoms with Gasteiger partial charge < -0.3 is 18.7 Å². The van der Waals surface area contributed by atoms with E-state index in [4.69, 9.17) is 5.73 Å². The first kappa shape index (κ1) is 12.5. The van der Waals surface area contributed by atoms with Gasteiger partial charge in [0.2, 0.25) is 0 Å². The van der Waals surface area contributed by atoms with Crippen molar-refractivity contribution in [1.29, 1.82) is 0 Å². The molecule has 0 aromatic heterocycles. The predicted molar refractivity (Wildman–Crippen MR) is 34.7 cm³/mol. The Hall–Kier alpha value is 1.45. The van der Waals surface area contributed by atoms with E-state index in [1.807, 2.05) is 0 Å². The maximum absolute atomic E-state index is 12.1. The fourth-order valence-electron chi connectivity index (χ4n) is 1.41. The van der Waals surface area contributed by atoms with Crippen molar-refractivity contribution in [2.75, 3.05) is 0 Å². The molecule has 6 heteroatoms. The van der Waals surface area contributed by atoms with Crippen molar-refractivity contribution >= 4 is 6.98 Å². The maximum Gasteiger partial charge on any atom is 1.00 e. The Kier molecular flexibility index (Phi) is 4.16. The maximum atomic E-state index is 12.1. The summed E-state index contributed by atoms with van der Waals surface area (Å²) in [6, 6.07) is -0.228. The molecule has 11 heavy (non-hydrogen) atoms. The molecule has 0 aromatic carbocycles. The van der Waals surface area contributed by atoms with Gasteiger partial charge in [-0.2, -0.15) is 0 Å². The first-order valence-electron chi connectivity index (χ1n) is 3.30. The van der Waals surface area contributed by atoms with Crippen LogP contribution in [0.2, 0.25) is 5.31 Å². The Morgan fingerprint density at radius 1 is 1.36 bits per heavy atom. The van der Waals surface area contributed by atoms with E-state index in [0.29, 0.717) is 0 Å². The molecule has 0 atom stereocenters. The third-order valence-corrected chi connectivity index (χ3v) is 2.25. The fraction of sp³-hybridized carbons (Fsp3) is 1.00. The summed E-state index contributed by atoms with van der Waals surface area (Å²) >= 11 is 0. The van der Waals surface area contributed by atoms with E-state index < -0.39 is 12.3 Å². The quantitative estimate of drug-likeness (QED) is 0.513. The number of nitrogens with two attached hydrogens (primary N) is 1. The van der Waals surface area contributed by atoms with Crippen LogP contribution in [-0.4, -0.2) is 13.0 Å². The molecule has 1 aliphatic carbocycles. The molecule has 0 heterocycles. The van der Waals surface area contributed by atoms with Crippen molar-refractivity contribution in [3.8, 4) is 0 Å². The Balaban J connectivity index is 0.000001000. The van der Waals surface area contributed by atoms with Crippen LogP contribution in [0.25, 0.3) is 0 Å². The summed E-state index contributed by atoms with van der Waals surface area (Å²) in [5.74, 6) is 0. The summed E-state index contributed by atoms with van der Waals surface area (Å²) in [6.07, 6.45) is 0.215. The van der Waals surface area contributed by atoms with Gasteiger partial charge in [0.05, 0.1) is 0 Å². The Morgan fingerprint density at radius 2 is 1.73 bits per heavy atom. The van der Waals surface area contributed by atoms with Crippen molar-refractivity contribution in [3.05, 3.63) is 0 Å². The van der Waals surface area contributed by atoms with Gasteiger partial charge in [-0.05, 0) is 6.04 Å². The van der Waals surface area contributed by atoms with E-state index in [2.05, 4.69) is 0 Å². The molecule has 0 saturated heterocycles. The normalized spacial score (nSPS) is 37.4. The molecule has 2 N–H and O–H groups in total. The van der Waals surface area contributed by atoms with Gasteiger partial charge in [0.1, 0.15) is 0 Å². The molecule has 1 aliphatic rings. The zero-order valence-electron chi connectivity index (χ0n) is 6.78. The van der Waals surface area contributed by atoms with E-state index >= 15 is 0 Å². The molecule has 0 radical (unpaired) electrons. The number of hydrogen-bond donors (Lipinski definition) is 1. The van der Waals surface area contributed by atoms with Crippen molar-refractivity contribution < 1.29 is 64.3 Å². The standard InChI is InChI=1S/C5H10BF3N.K/c1-5(6(7,8)9)2-4(10)3-5;/h4H,2-3,10H2,1H3;/q-1;+1. The first-order valence-corrected chi connectivity index (χ1v) is 3.30. The minimum absolute atomic E-state index is 0. The minimum Gasteiger partial charge on any atom is -0.449 e. The van der Waals surface area contributed by atoms with Gasteiger partial charge >= 0.3 is 58.4 Å². The van der Waals surface area contributed by atoms with Gasteiger partial charge in [-0.3, -0.25) is 0 Å². The van der Waals surface area contributed by atoms with Crippen LogP contribution in [0, 0.1) is 0 Å². The Labute approximate surface area is 107 Å². The van der Waals surface area contributed by atoms with Crippen molar-refractivity contribution in [2.24, 2.45) is 5.73 Å². The van der Waals surface area contributed by atoms with Crippen LogP contribution >= 0.6 is 0 Å². The zero-order chi connectivity index (χ0) is 7.99. The molecule has 0 aromatic rings. The van der Waals surface area contributed by atoms with E-state index in [9.17, 15) is 12.9 Å². The molecule has 1 nitrogen and oxygen atoms in total. The van der Waals surface area contributed by atoms with Crippen LogP contribution in [0.15, 0.2) is 0 Å².